The molecule has 0 saturated heterocycles. The van der Waals surface area contributed by atoms with Crippen molar-refractivity contribution >= 4 is 12.6 Å². The van der Waals surface area contributed by atoms with E-state index in [0.29, 0.717) is 5.46 Å². The lowest BCUT2D eigenvalue weighted by molar-refractivity contribution is 0.426. The average Bonchev–Trinajstić information content (AvgIpc) is 3.36. The summed E-state index contributed by atoms with van der Waals surface area (Å²) in [6, 6.07) is 40.6. The van der Waals surface area contributed by atoms with E-state index in [2.05, 4.69) is 91.0 Å². The van der Waals surface area contributed by atoms with Gasteiger partial charge in [-0.2, -0.15) is 0 Å². The Morgan fingerprint density at radius 1 is 0.441 bits per heavy atom. The molecule has 5 aromatic carbocycles. The first-order chi connectivity index (χ1) is 16.7. The molecule has 2 nitrogen and oxygen atoms in total. The SMILES string of the molecule is OB(O)c1ccc(-c2ccc3c(c2)-c2ccccc2C32c3ccccc3-c3ccccc32)cc1. The Bertz CT molecular complexity index is 1540. The van der Waals surface area contributed by atoms with Crippen molar-refractivity contribution in [1.29, 1.82) is 0 Å². The molecule has 34 heavy (non-hydrogen) atoms. The van der Waals surface area contributed by atoms with Crippen LogP contribution in [0.15, 0.2) is 115 Å². The summed E-state index contributed by atoms with van der Waals surface area (Å²) in [6.45, 7) is 0. The van der Waals surface area contributed by atoms with E-state index in [0.717, 1.165) is 11.1 Å². The van der Waals surface area contributed by atoms with Gasteiger partial charge in [-0.15, -0.1) is 0 Å². The lowest BCUT2D eigenvalue weighted by Crippen LogP contribution is -2.29. The number of hydrogen-bond donors (Lipinski definition) is 2. The molecule has 0 bridgehead atoms. The molecule has 3 heteroatoms. The molecule has 0 unspecified atom stereocenters. The highest BCUT2D eigenvalue weighted by molar-refractivity contribution is 6.58. The molecular weight excluding hydrogens is 415 g/mol. The molecule has 7 rings (SSSR count). The lowest BCUT2D eigenvalue weighted by Gasteiger charge is -2.30. The van der Waals surface area contributed by atoms with Crippen molar-refractivity contribution in [2.24, 2.45) is 0 Å². The van der Waals surface area contributed by atoms with E-state index < -0.39 is 7.12 Å². The summed E-state index contributed by atoms with van der Waals surface area (Å²) in [7, 11) is -1.46. The van der Waals surface area contributed by atoms with E-state index in [4.69, 9.17) is 0 Å². The van der Waals surface area contributed by atoms with Gasteiger partial charge in [0, 0.05) is 0 Å². The minimum atomic E-state index is -1.46. The summed E-state index contributed by atoms with van der Waals surface area (Å²) >= 11 is 0. The molecule has 0 atom stereocenters. The van der Waals surface area contributed by atoms with Crippen LogP contribution in [0.1, 0.15) is 22.3 Å². The zero-order chi connectivity index (χ0) is 22.9. The van der Waals surface area contributed by atoms with Gasteiger partial charge in [0.15, 0.2) is 0 Å². The zero-order valence-electron chi connectivity index (χ0n) is 18.4. The number of fused-ring (bicyclic) bond motifs is 10. The fraction of sp³-hybridized carbons (Fsp3) is 0.0323. The van der Waals surface area contributed by atoms with Crippen LogP contribution in [-0.4, -0.2) is 17.2 Å². The van der Waals surface area contributed by atoms with Gasteiger partial charge in [0.2, 0.25) is 0 Å². The van der Waals surface area contributed by atoms with E-state index in [1.807, 2.05) is 12.1 Å². The first kappa shape index (κ1) is 19.5. The quantitative estimate of drug-likeness (QED) is 0.358. The maximum absolute atomic E-state index is 9.45. The van der Waals surface area contributed by atoms with Gasteiger partial charge in [-0.05, 0) is 67.2 Å². The predicted octanol–water partition coefficient (Wildman–Crippen LogP) is 5.38. The van der Waals surface area contributed by atoms with Crippen LogP contribution < -0.4 is 5.46 Å². The van der Waals surface area contributed by atoms with Crippen LogP contribution in [-0.2, 0) is 5.41 Å². The van der Waals surface area contributed by atoms with E-state index in [-0.39, 0.29) is 5.41 Å². The molecule has 5 aromatic rings. The normalized spacial score (nSPS) is 13.8. The Balaban J connectivity index is 1.51. The summed E-state index contributed by atoms with van der Waals surface area (Å²) in [5.41, 5.74) is 12.8. The molecule has 1 spiro atoms. The minimum Gasteiger partial charge on any atom is -0.423 e. The lowest BCUT2D eigenvalue weighted by atomic mass is 9.70. The van der Waals surface area contributed by atoms with Crippen molar-refractivity contribution in [3.05, 3.63) is 138 Å². The van der Waals surface area contributed by atoms with Gasteiger partial charge in [0.1, 0.15) is 0 Å². The van der Waals surface area contributed by atoms with Crippen molar-refractivity contribution in [3.8, 4) is 33.4 Å². The number of benzene rings is 5. The summed E-state index contributed by atoms with van der Waals surface area (Å²) in [4.78, 5) is 0. The van der Waals surface area contributed by atoms with Crippen LogP contribution in [0.4, 0.5) is 0 Å². The Hall–Kier alpha value is -3.92. The van der Waals surface area contributed by atoms with Crippen LogP contribution in [0, 0.1) is 0 Å². The van der Waals surface area contributed by atoms with Crippen LogP contribution in [0.5, 0.6) is 0 Å². The van der Waals surface area contributed by atoms with Crippen molar-refractivity contribution < 1.29 is 10.0 Å². The molecule has 0 fully saturated rings. The Morgan fingerprint density at radius 2 is 0.882 bits per heavy atom. The smallest absolute Gasteiger partial charge is 0.423 e. The maximum Gasteiger partial charge on any atom is 0.488 e. The molecule has 2 aliphatic carbocycles. The molecule has 2 N–H and O–H groups in total. The van der Waals surface area contributed by atoms with Gasteiger partial charge in [-0.25, -0.2) is 0 Å². The van der Waals surface area contributed by atoms with Crippen LogP contribution in [0.3, 0.4) is 0 Å². The van der Waals surface area contributed by atoms with Gasteiger partial charge in [-0.3, -0.25) is 0 Å². The molecule has 160 valence electrons. The van der Waals surface area contributed by atoms with E-state index >= 15 is 0 Å². The molecule has 0 aromatic heterocycles. The van der Waals surface area contributed by atoms with Crippen molar-refractivity contribution in [2.45, 2.75) is 5.41 Å². The minimum absolute atomic E-state index is 0.317. The molecule has 0 heterocycles. The Morgan fingerprint density at radius 3 is 1.41 bits per heavy atom. The molecule has 0 radical (unpaired) electrons. The van der Waals surface area contributed by atoms with E-state index in [1.54, 1.807) is 12.1 Å². The molecule has 0 saturated carbocycles. The van der Waals surface area contributed by atoms with Crippen LogP contribution in [0.25, 0.3) is 33.4 Å². The van der Waals surface area contributed by atoms with E-state index in [1.165, 1.54) is 44.5 Å². The highest BCUT2D eigenvalue weighted by atomic mass is 16.4. The highest BCUT2D eigenvalue weighted by Gasteiger charge is 2.51. The predicted molar refractivity (Wildman–Crippen MR) is 138 cm³/mol. The summed E-state index contributed by atoms with van der Waals surface area (Å²) in [5, 5.41) is 18.9. The van der Waals surface area contributed by atoms with Gasteiger partial charge in [-0.1, -0.05) is 109 Å². The van der Waals surface area contributed by atoms with Crippen molar-refractivity contribution in [2.75, 3.05) is 0 Å². The summed E-state index contributed by atoms with van der Waals surface area (Å²) < 4.78 is 0. The van der Waals surface area contributed by atoms with Gasteiger partial charge < -0.3 is 10.0 Å². The standard InChI is InChI=1S/C31H21BO2/c33-32(34)22-16-13-20(14-17-22)21-15-18-30-26(19-21)25-9-3-6-12-29(25)31(30)27-10-4-1-7-23(27)24-8-2-5-11-28(24)31/h1-19,33-34H. The van der Waals surface area contributed by atoms with E-state index in [9.17, 15) is 10.0 Å². The third-order valence-electron chi connectivity index (χ3n) is 7.54. The first-order valence-corrected chi connectivity index (χ1v) is 11.6. The Kier molecular flexibility index (Phi) is 4.05. The summed E-state index contributed by atoms with van der Waals surface area (Å²) in [6.07, 6.45) is 0. The van der Waals surface area contributed by atoms with Crippen molar-refractivity contribution in [3.63, 3.8) is 0 Å². The van der Waals surface area contributed by atoms with Crippen molar-refractivity contribution in [1.82, 2.24) is 0 Å². The monoisotopic (exact) mass is 436 g/mol. The second kappa shape index (κ2) is 7.04. The zero-order valence-corrected chi connectivity index (χ0v) is 18.4. The number of hydrogen-bond acceptors (Lipinski definition) is 2. The average molecular weight is 436 g/mol. The topological polar surface area (TPSA) is 40.5 Å². The third-order valence-corrected chi connectivity index (χ3v) is 7.54. The second-order valence-electron chi connectivity index (χ2n) is 9.14. The third kappa shape index (κ3) is 2.43. The largest absolute Gasteiger partial charge is 0.488 e. The fourth-order valence-electron chi connectivity index (χ4n) is 6.13. The molecular formula is C31H21BO2. The van der Waals surface area contributed by atoms with Gasteiger partial charge in [0.05, 0.1) is 5.41 Å². The van der Waals surface area contributed by atoms with Crippen LogP contribution >= 0.6 is 0 Å². The fourth-order valence-corrected chi connectivity index (χ4v) is 6.13. The first-order valence-electron chi connectivity index (χ1n) is 11.6. The van der Waals surface area contributed by atoms with Gasteiger partial charge in [0.25, 0.3) is 0 Å². The number of rotatable bonds is 2. The summed E-state index contributed by atoms with van der Waals surface area (Å²) in [5.74, 6) is 0. The molecule has 0 aliphatic heterocycles. The highest BCUT2D eigenvalue weighted by Crippen LogP contribution is 2.62. The van der Waals surface area contributed by atoms with Crippen LogP contribution in [0.2, 0.25) is 0 Å². The molecule has 2 aliphatic rings. The second-order valence-corrected chi connectivity index (χ2v) is 9.14. The maximum atomic E-state index is 9.45. The van der Waals surface area contributed by atoms with Gasteiger partial charge >= 0.3 is 7.12 Å². The Labute approximate surface area is 198 Å². The molecule has 0 amide bonds.